The molecule has 0 spiro atoms. The topological polar surface area (TPSA) is 50.9 Å². The van der Waals surface area contributed by atoms with E-state index in [0.29, 0.717) is 0 Å². The van der Waals surface area contributed by atoms with Gasteiger partial charge in [-0.05, 0) is 13.8 Å². The van der Waals surface area contributed by atoms with Crippen molar-refractivity contribution in [3.63, 3.8) is 0 Å². The average Bonchev–Trinajstić information content (AvgIpc) is 2.35. The van der Waals surface area contributed by atoms with E-state index >= 15 is 0 Å². The van der Waals surface area contributed by atoms with E-state index in [1.165, 1.54) is 4.88 Å². The molecule has 1 heterocycles. The fourth-order valence-electron chi connectivity index (χ4n) is 0.910. The van der Waals surface area contributed by atoms with Crippen LogP contribution < -0.4 is 11.1 Å². The van der Waals surface area contributed by atoms with Gasteiger partial charge in [0.1, 0.15) is 0 Å². The number of aromatic nitrogens is 1. The van der Waals surface area contributed by atoms with Crippen LogP contribution in [0.1, 0.15) is 16.8 Å². The Balaban J connectivity index is 2.24. The zero-order chi connectivity index (χ0) is 8.97. The van der Waals surface area contributed by atoms with Crippen LogP contribution in [-0.2, 0) is 6.54 Å². The zero-order valence-electron chi connectivity index (χ0n) is 7.50. The van der Waals surface area contributed by atoms with Crippen LogP contribution in [0.4, 0.5) is 0 Å². The summed E-state index contributed by atoms with van der Waals surface area (Å²) >= 11 is 1.72. The summed E-state index contributed by atoms with van der Waals surface area (Å²) in [5.41, 5.74) is 5.59. The predicted molar refractivity (Wildman–Crippen MR) is 52.2 cm³/mol. The van der Waals surface area contributed by atoms with Crippen LogP contribution in [0.3, 0.4) is 0 Å². The SMILES string of the molecule is Cc1ncc(CNCC(C)N)s1. The van der Waals surface area contributed by atoms with Crippen molar-refractivity contribution in [1.29, 1.82) is 0 Å². The molecule has 12 heavy (non-hydrogen) atoms. The lowest BCUT2D eigenvalue weighted by Crippen LogP contribution is -2.30. The highest BCUT2D eigenvalue weighted by molar-refractivity contribution is 7.11. The van der Waals surface area contributed by atoms with Gasteiger partial charge in [0, 0.05) is 30.2 Å². The third kappa shape index (κ3) is 3.30. The Morgan fingerprint density at radius 3 is 3.00 bits per heavy atom. The first-order valence-electron chi connectivity index (χ1n) is 4.06. The van der Waals surface area contributed by atoms with E-state index in [-0.39, 0.29) is 6.04 Å². The van der Waals surface area contributed by atoms with Crippen LogP contribution in [0, 0.1) is 6.92 Å². The Labute approximate surface area is 77.0 Å². The van der Waals surface area contributed by atoms with Gasteiger partial charge in [0.25, 0.3) is 0 Å². The summed E-state index contributed by atoms with van der Waals surface area (Å²) in [5.74, 6) is 0. The minimum absolute atomic E-state index is 0.221. The molecule has 0 fully saturated rings. The highest BCUT2D eigenvalue weighted by atomic mass is 32.1. The molecule has 0 aliphatic heterocycles. The summed E-state index contributed by atoms with van der Waals surface area (Å²) in [5, 5.41) is 4.38. The van der Waals surface area contributed by atoms with E-state index in [9.17, 15) is 0 Å². The van der Waals surface area contributed by atoms with Crippen molar-refractivity contribution in [2.24, 2.45) is 5.73 Å². The maximum absolute atomic E-state index is 5.59. The summed E-state index contributed by atoms with van der Waals surface area (Å²) in [7, 11) is 0. The summed E-state index contributed by atoms with van der Waals surface area (Å²) < 4.78 is 0. The Bertz CT molecular complexity index is 232. The first-order chi connectivity index (χ1) is 5.68. The Kier molecular flexibility index (Phi) is 3.65. The van der Waals surface area contributed by atoms with Gasteiger partial charge < -0.3 is 11.1 Å². The molecule has 68 valence electrons. The van der Waals surface area contributed by atoms with Gasteiger partial charge in [0.2, 0.25) is 0 Å². The molecule has 0 aromatic carbocycles. The lowest BCUT2D eigenvalue weighted by Gasteiger charge is -2.04. The van der Waals surface area contributed by atoms with Gasteiger partial charge in [-0.25, -0.2) is 4.98 Å². The fourth-order valence-corrected chi connectivity index (χ4v) is 1.67. The predicted octanol–water partition coefficient (Wildman–Crippen LogP) is 0.888. The van der Waals surface area contributed by atoms with Crippen LogP contribution >= 0.6 is 11.3 Å². The number of thiazole rings is 1. The molecule has 0 aliphatic carbocycles. The number of nitrogens with zero attached hydrogens (tertiary/aromatic N) is 1. The molecule has 0 saturated carbocycles. The molecule has 0 radical (unpaired) electrons. The molecule has 0 saturated heterocycles. The van der Waals surface area contributed by atoms with E-state index in [1.807, 2.05) is 20.0 Å². The molecule has 0 aliphatic rings. The van der Waals surface area contributed by atoms with Gasteiger partial charge in [-0.1, -0.05) is 0 Å². The van der Waals surface area contributed by atoms with Gasteiger partial charge in [-0.3, -0.25) is 0 Å². The maximum atomic E-state index is 5.59. The Morgan fingerprint density at radius 1 is 1.75 bits per heavy atom. The van der Waals surface area contributed by atoms with E-state index in [2.05, 4.69) is 10.3 Å². The van der Waals surface area contributed by atoms with Crippen molar-refractivity contribution in [2.45, 2.75) is 26.4 Å². The summed E-state index contributed by atoms with van der Waals surface area (Å²) in [6.45, 7) is 5.74. The molecular weight excluding hydrogens is 170 g/mol. The molecule has 0 amide bonds. The molecule has 3 nitrogen and oxygen atoms in total. The largest absolute Gasteiger partial charge is 0.327 e. The van der Waals surface area contributed by atoms with Crippen LogP contribution in [0.2, 0.25) is 0 Å². The summed E-state index contributed by atoms with van der Waals surface area (Å²) in [4.78, 5) is 5.43. The first kappa shape index (κ1) is 9.64. The van der Waals surface area contributed by atoms with E-state index in [4.69, 9.17) is 5.73 Å². The molecule has 4 heteroatoms. The zero-order valence-corrected chi connectivity index (χ0v) is 8.32. The van der Waals surface area contributed by atoms with Crippen molar-refractivity contribution in [3.8, 4) is 0 Å². The number of nitrogens with one attached hydrogen (secondary N) is 1. The molecule has 1 aromatic rings. The number of aryl methyl sites for hydroxylation is 1. The monoisotopic (exact) mass is 185 g/mol. The Hall–Kier alpha value is -0.450. The lowest BCUT2D eigenvalue weighted by atomic mass is 10.3. The van der Waals surface area contributed by atoms with Crippen LogP contribution in [0.25, 0.3) is 0 Å². The van der Waals surface area contributed by atoms with Crippen molar-refractivity contribution in [2.75, 3.05) is 6.54 Å². The molecule has 1 aromatic heterocycles. The summed E-state index contributed by atoms with van der Waals surface area (Å²) in [6, 6.07) is 0.221. The second kappa shape index (κ2) is 4.54. The lowest BCUT2D eigenvalue weighted by molar-refractivity contribution is 0.611. The van der Waals surface area contributed by atoms with Crippen molar-refractivity contribution >= 4 is 11.3 Å². The second-order valence-corrected chi connectivity index (χ2v) is 4.27. The third-order valence-corrected chi connectivity index (χ3v) is 2.35. The van der Waals surface area contributed by atoms with Crippen molar-refractivity contribution < 1.29 is 0 Å². The molecule has 1 rings (SSSR count). The Morgan fingerprint density at radius 2 is 2.50 bits per heavy atom. The average molecular weight is 185 g/mol. The molecule has 1 atom stereocenters. The van der Waals surface area contributed by atoms with E-state index < -0.39 is 0 Å². The number of nitrogens with two attached hydrogens (primary N) is 1. The number of rotatable bonds is 4. The molecule has 3 N–H and O–H groups in total. The quantitative estimate of drug-likeness (QED) is 0.732. The maximum Gasteiger partial charge on any atom is 0.0897 e. The third-order valence-electron chi connectivity index (χ3n) is 1.43. The molecule has 1 unspecified atom stereocenters. The highest BCUT2D eigenvalue weighted by Crippen LogP contribution is 2.10. The molecular formula is C8H15N3S. The normalized spacial score (nSPS) is 13.2. The number of hydrogen-bond acceptors (Lipinski definition) is 4. The van der Waals surface area contributed by atoms with Gasteiger partial charge in [0.05, 0.1) is 5.01 Å². The smallest absolute Gasteiger partial charge is 0.0897 e. The van der Waals surface area contributed by atoms with E-state index in [1.54, 1.807) is 11.3 Å². The molecule has 0 bridgehead atoms. The van der Waals surface area contributed by atoms with Gasteiger partial charge in [0.15, 0.2) is 0 Å². The van der Waals surface area contributed by atoms with Crippen molar-refractivity contribution in [3.05, 3.63) is 16.1 Å². The minimum atomic E-state index is 0.221. The minimum Gasteiger partial charge on any atom is -0.327 e. The van der Waals surface area contributed by atoms with E-state index in [0.717, 1.165) is 18.1 Å². The fraction of sp³-hybridized carbons (Fsp3) is 0.625. The van der Waals surface area contributed by atoms with Crippen molar-refractivity contribution in [1.82, 2.24) is 10.3 Å². The highest BCUT2D eigenvalue weighted by Gasteiger charge is 1.97. The van der Waals surface area contributed by atoms with Gasteiger partial charge in [-0.15, -0.1) is 11.3 Å². The first-order valence-corrected chi connectivity index (χ1v) is 4.87. The summed E-state index contributed by atoms with van der Waals surface area (Å²) in [6.07, 6.45) is 1.91. The van der Waals surface area contributed by atoms with Crippen LogP contribution in [-0.4, -0.2) is 17.6 Å². The van der Waals surface area contributed by atoms with Crippen LogP contribution in [0.5, 0.6) is 0 Å². The standard InChI is InChI=1S/C8H15N3S/c1-6(9)3-10-4-8-5-11-7(2)12-8/h5-6,10H,3-4,9H2,1-2H3. The second-order valence-electron chi connectivity index (χ2n) is 2.95. The van der Waals surface area contributed by atoms with Gasteiger partial charge >= 0.3 is 0 Å². The van der Waals surface area contributed by atoms with Gasteiger partial charge in [-0.2, -0.15) is 0 Å². The number of hydrogen-bond donors (Lipinski definition) is 2. The van der Waals surface area contributed by atoms with Crippen LogP contribution in [0.15, 0.2) is 6.20 Å².